The number of fused-ring (bicyclic) bond motifs is 1. The molecule has 1 N–H and O–H groups in total. The highest BCUT2D eigenvalue weighted by molar-refractivity contribution is 7.19. The average Bonchev–Trinajstić information content (AvgIpc) is 3.33. The quantitative estimate of drug-likeness (QED) is 0.485. The van der Waals surface area contributed by atoms with Crippen molar-refractivity contribution < 1.29 is 9.53 Å². The van der Waals surface area contributed by atoms with Gasteiger partial charge in [0.15, 0.2) is 5.82 Å². The van der Waals surface area contributed by atoms with Crippen LogP contribution in [0.3, 0.4) is 0 Å². The van der Waals surface area contributed by atoms with E-state index in [0.717, 1.165) is 39.1 Å². The fourth-order valence-electron chi connectivity index (χ4n) is 3.00. The van der Waals surface area contributed by atoms with Gasteiger partial charge in [-0.15, -0.1) is 10.2 Å². The SMILES string of the molecule is CCc1nnc2sc(-c3ccc(CNC(=O)c4ccc(OC(C)C)cc4)cc3)nn12. The number of nitrogens with one attached hydrogen (secondary N) is 1. The molecular formula is C22H23N5O2S. The summed E-state index contributed by atoms with van der Waals surface area (Å²) in [7, 11) is 0. The lowest BCUT2D eigenvalue weighted by molar-refractivity contribution is 0.0951. The van der Waals surface area contributed by atoms with Gasteiger partial charge in [0.05, 0.1) is 6.10 Å². The van der Waals surface area contributed by atoms with Crippen molar-refractivity contribution in [1.82, 2.24) is 25.1 Å². The number of aryl methyl sites for hydroxylation is 1. The standard InChI is InChI=1S/C22H23N5O2S/c1-4-19-24-25-22-27(19)26-21(30-22)17-7-5-15(6-8-17)13-23-20(28)16-9-11-18(12-10-16)29-14(2)3/h5-12,14H,4,13H2,1-3H3,(H,23,28). The average molecular weight is 422 g/mol. The summed E-state index contributed by atoms with van der Waals surface area (Å²) in [6, 6.07) is 15.2. The maximum atomic E-state index is 12.4. The number of rotatable bonds is 7. The van der Waals surface area contributed by atoms with Gasteiger partial charge < -0.3 is 10.1 Å². The molecule has 4 aromatic rings. The maximum Gasteiger partial charge on any atom is 0.251 e. The molecule has 0 aliphatic carbocycles. The van der Waals surface area contributed by atoms with Crippen LogP contribution in [0.5, 0.6) is 5.75 Å². The van der Waals surface area contributed by atoms with Crippen LogP contribution < -0.4 is 10.1 Å². The van der Waals surface area contributed by atoms with Gasteiger partial charge in [-0.1, -0.05) is 42.5 Å². The van der Waals surface area contributed by atoms with E-state index in [0.29, 0.717) is 12.1 Å². The van der Waals surface area contributed by atoms with E-state index in [1.54, 1.807) is 16.6 Å². The third-order valence-corrected chi connectivity index (χ3v) is 5.46. The Balaban J connectivity index is 1.38. The van der Waals surface area contributed by atoms with Crippen LogP contribution in [0, 0.1) is 0 Å². The van der Waals surface area contributed by atoms with E-state index in [2.05, 4.69) is 20.6 Å². The molecule has 8 heteroatoms. The molecule has 7 nitrogen and oxygen atoms in total. The molecule has 0 saturated carbocycles. The highest BCUT2D eigenvalue weighted by Gasteiger charge is 2.12. The maximum absolute atomic E-state index is 12.4. The zero-order valence-corrected chi connectivity index (χ0v) is 17.9. The highest BCUT2D eigenvalue weighted by Crippen LogP contribution is 2.25. The Labute approximate surface area is 178 Å². The molecule has 0 spiro atoms. The first kappa shape index (κ1) is 20.0. The third-order valence-electron chi connectivity index (χ3n) is 4.51. The van der Waals surface area contributed by atoms with E-state index >= 15 is 0 Å². The molecule has 2 heterocycles. The Bertz CT molecular complexity index is 1150. The van der Waals surface area contributed by atoms with Crippen molar-refractivity contribution in [2.24, 2.45) is 0 Å². The lowest BCUT2D eigenvalue weighted by Gasteiger charge is -2.10. The Kier molecular flexibility index (Phi) is 5.76. The molecule has 4 rings (SSSR count). The molecule has 0 aliphatic heterocycles. The first-order valence-corrected chi connectivity index (χ1v) is 10.7. The predicted molar refractivity (Wildman–Crippen MR) is 117 cm³/mol. The molecule has 2 aromatic carbocycles. The number of hydrogen-bond donors (Lipinski definition) is 1. The lowest BCUT2D eigenvalue weighted by Crippen LogP contribution is -2.22. The van der Waals surface area contributed by atoms with Crippen LogP contribution in [0.2, 0.25) is 0 Å². The Morgan fingerprint density at radius 3 is 2.50 bits per heavy atom. The molecule has 0 aliphatic rings. The van der Waals surface area contributed by atoms with Crippen molar-refractivity contribution in [1.29, 1.82) is 0 Å². The number of benzene rings is 2. The van der Waals surface area contributed by atoms with Crippen LogP contribution in [0.1, 0.15) is 42.5 Å². The number of nitrogens with zero attached hydrogens (tertiary/aromatic N) is 4. The zero-order chi connectivity index (χ0) is 21.1. The number of carbonyl (C=O) groups excluding carboxylic acids is 1. The molecule has 1 amide bonds. The third kappa shape index (κ3) is 4.33. The molecule has 0 unspecified atom stereocenters. The van der Waals surface area contributed by atoms with Crippen LogP contribution in [-0.4, -0.2) is 31.8 Å². The van der Waals surface area contributed by atoms with E-state index in [1.165, 1.54) is 11.3 Å². The van der Waals surface area contributed by atoms with Gasteiger partial charge in [-0.2, -0.15) is 9.61 Å². The van der Waals surface area contributed by atoms with Gasteiger partial charge in [-0.05, 0) is 43.7 Å². The summed E-state index contributed by atoms with van der Waals surface area (Å²) in [6.07, 6.45) is 0.893. The molecule has 0 bridgehead atoms. The molecule has 2 aromatic heterocycles. The fraction of sp³-hybridized carbons (Fsp3) is 0.273. The first-order chi connectivity index (χ1) is 14.5. The summed E-state index contributed by atoms with van der Waals surface area (Å²) in [6.45, 7) is 6.43. The van der Waals surface area contributed by atoms with Gasteiger partial charge in [-0.3, -0.25) is 4.79 Å². The van der Waals surface area contributed by atoms with E-state index < -0.39 is 0 Å². The molecule has 0 atom stereocenters. The van der Waals surface area contributed by atoms with E-state index in [9.17, 15) is 4.79 Å². The van der Waals surface area contributed by atoms with Crippen LogP contribution in [-0.2, 0) is 13.0 Å². The number of hydrogen-bond acceptors (Lipinski definition) is 6. The summed E-state index contributed by atoms with van der Waals surface area (Å²) in [5.74, 6) is 1.50. The minimum atomic E-state index is -0.115. The van der Waals surface area contributed by atoms with Gasteiger partial charge in [-0.25, -0.2) is 0 Å². The Morgan fingerprint density at radius 2 is 1.83 bits per heavy atom. The first-order valence-electron chi connectivity index (χ1n) is 9.89. The highest BCUT2D eigenvalue weighted by atomic mass is 32.1. The van der Waals surface area contributed by atoms with Crippen molar-refractivity contribution in [2.45, 2.75) is 39.8 Å². The fourth-order valence-corrected chi connectivity index (χ4v) is 3.86. The Morgan fingerprint density at radius 1 is 1.10 bits per heavy atom. The van der Waals surface area contributed by atoms with E-state index in [-0.39, 0.29) is 12.0 Å². The number of ether oxygens (including phenoxy) is 1. The van der Waals surface area contributed by atoms with Crippen LogP contribution >= 0.6 is 11.3 Å². The minimum Gasteiger partial charge on any atom is -0.491 e. The van der Waals surface area contributed by atoms with Gasteiger partial charge in [0.1, 0.15) is 10.8 Å². The largest absolute Gasteiger partial charge is 0.491 e. The minimum absolute atomic E-state index is 0.104. The topological polar surface area (TPSA) is 81.4 Å². The summed E-state index contributed by atoms with van der Waals surface area (Å²) in [5, 5.41) is 16.7. The van der Waals surface area contributed by atoms with Gasteiger partial charge in [0, 0.05) is 24.1 Å². The number of amides is 1. The van der Waals surface area contributed by atoms with Crippen molar-refractivity contribution in [3.8, 4) is 16.3 Å². The summed E-state index contributed by atoms with van der Waals surface area (Å²) >= 11 is 1.51. The number of carbonyl (C=O) groups is 1. The smallest absolute Gasteiger partial charge is 0.251 e. The van der Waals surface area contributed by atoms with Crippen molar-refractivity contribution >= 4 is 22.2 Å². The predicted octanol–water partition coefficient (Wildman–Crippen LogP) is 4.13. The van der Waals surface area contributed by atoms with Gasteiger partial charge in [0.25, 0.3) is 5.91 Å². The molecule has 0 radical (unpaired) electrons. The molecular weight excluding hydrogens is 398 g/mol. The molecule has 30 heavy (non-hydrogen) atoms. The summed E-state index contributed by atoms with van der Waals surface area (Å²) < 4.78 is 7.41. The Hall–Kier alpha value is -3.26. The second-order valence-corrected chi connectivity index (χ2v) is 8.10. The zero-order valence-electron chi connectivity index (χ0n) is 17.1. The monoisotopic (exact) mass is 421 g/mol. The van der Waals surface area contributed by atoms with Crippen LogP contribution in [0.15, 0.2) is 48.5 Å². The van der Waals surface area contributed by atoms with Crippen molar-refractivity contribution in [3.05, 3.63) is 65.5 Å². The summed E-state index contributed by atoms with van der Waals surface area (Å²) in [5.41, 5.74) is 2.64. The van der Waals surface area contributed by atoms with Crippen molar-refractivity contribution in [2.75, 3.05) is 0 Å². The molecule has 0 saturated heterocycles. The van der Waals surface area contributed by atoms with Gasteiger partial charge in [0.2, 0.25) is 4.96 Å². The van der Waals surface area contributed by atoms with E-state index in [1.807, 2.05) is 57.2 Å². The molecule has 0 fully saturated rings. The second kappa shape index (κ2) is 8.62. The summed E-state index contributed by atoms with van der Waals surface area (Å²) in [4.78, 5) is 13.2. The number of aromatic nitrogens is 4. The van der Waals surface area contributed by atoms with Crippen molar-refractivity contribution in [3.63, 3.8) is 0 Å². The van der Waals surface area contributed by atoms with Crippen LogP contribution in [0.4, 0.5) is 0 Å². The van der Waals surface area contributed by atoms with Gasteiger partial charge >= 0.3 is 0 Å². The van der Waals surface area contributed by atoms with E-state index in [4.69, 9.17) is 4.74 Å². The lowest BCUT2D eigenvalue weighted by atomic mass is 10.1. The normalized spacial score (nSPS) is 11.2. The van der Waals surface area contributed by atoms with Crippen LogP contribution in [0.25, 0.3) is 15.5 Å². The second-order valence-electron chi connectivity index (χ2n) is 7.14. The molecule has 154 valence electrons.